The molecule has 2 aliphatic rings. The van der Waals surface area contributed by atoms with Gasteiger partial charge < -0.3 is 14.5 Å². The number of hydrogen-bond donors (Lipinski definition) is 0. The molecule has 0 N–H and O–H groups in total. The Bertz CT molecular complexity index is 1420. The van der Waals surface area contributed by atoms with Crippen LogP contribution in [0.15, 0.2) is 54.6 Å². The summed E-state index contributed by atoms with van der Waals surface area (Å²) < 4.78 is 7.55. The van der Waals surface area contributed by atoms with Crippen LogP contribution in [0.4, 0.5) is 5.82 Å². The van der Waals surface area contributed by atoms with Crippen LogP contribution in [-0.4, -0.2) is 69.9 Å². The van der Waals surface area contributed by atoms with E-state index in [1.165, 1.54) is 0 Å². The highest BCUT2D eigenvalue weighted by Gasteiger charge is 2.29. The molecule has 37 heavy (non-hydrogen) atoms. The van der Waals surface area contributed by atoms with Gasteiger partial charge in [0.05, 0.1) is 16.8 Å². The van der Waals surface area contributed by atoms with E-state index in [0.29, 0.717) is 26.2 Å². The van der Waals surface area contributed by atoms with Crippen molar-refractivity contribution in [2.75, 3.05) is 44.3 Å². The predicted molar refractivity (Wildman–Crippen MR) is 143 cm³/mol. The van der Waals surface area contributed by atoms with Crippen LogP contribution < -0.4 is 4.90 Å². The maximum atomic E-state index is 13.2. The fraction of sp³-hybridized carbons (Fsp3) is 0.379. The van der Waals surface area contributed by atoms with E-state index in [9.17, 15) is 4.79 Å². The number of aryl methyl sites for hydroxylation is 2. The standard InChI is InChI=1S/C29H32N6O2/c1-20-8-6-7-11-24(20)29(36)34-16-14-33(15-17-34)27-25-21(2)32-35(23-9-4-3-5-10-23)28(25)31-26(30-27)22-12-18-37-19-13-22/h3-11,22H,12-19H2,1-2H3. The average molecular weight is 497 g/mol. The summed E-state index contributed by atoms with van der Waals surface area (Å²) in [5, 5.41) is 5.88. The highest BCUT2D eigenvalue weighted by molar-refractivity contribution is 5.96. The third kappa shape index (κ3) is 4.46. The molecule has 0 atom stereocenters. The van der Waals surface area contributed by atoms with Crippen molar-refractivity contribution >= 4 is 22.8 Å². The maximum absolute atomic E-state index is 13.2. The van der Waals surface area contributed by atoms with Gasteiger partial charge in [-0.15, -0.1) is 0 Å². The van der Waals surface area contributed by atoms with Crippen LogP contribution in [0, 0.1) is 13.8 Å². The second-order valence-electron chi connectivity index (χ2n) is 9.92. The van der Waals surface area contributed by atoms with Crippen molar-refractivity contribution in [2.45, 2.75) is 32.6 Å². The van der Waals surface area contributed by atoms with Crippen LogP contribution in [0.5, 0.6) is 0 Å². The zero-order chi connectivity index (χ0) is 25.4. The predicted octanol–water partition coefficient (Wildman–Crippen LogP) is 4.29. The smallest absolute Gasteiger partial charge is 0.254 e. The van der Waals surface area contributed by atoms with Crippen molar-refractivity contribution in [3.05, 3.63) is 77.2 Å². The number of amides is 1. The summed E-state index contributed by atoms with van der Waals surface area (Å²) in [6.07, 6.45) is 1.84. The third-order valence-electron chi connectivity index (χ3n) is 7.53. The van der Waals surface area contributed by atoms with Gasteiger partial charge >= 0.3 is 0 Å². The Morgan fingerprint density at radius 3 is 2.32 bits per heavy atom. The zero-order valence-electron chi connectivity index (χ0n) is 21.4. The van der Waals surface area contributed by atoms with Gasteiger partial charge in [0.1, 0.15) is 11.6 Å². The lowest BCUT2D eigenvalue weighted by Crippen LogP contribution is -2.49. The molecule has 6 rings (SSSR count). The van der Waals surface area contributed by atoms with Crippen LogP contribution in [0.1, 0.15) is 46.2 Å². The third-order valence-corrected chi connectivity index (χ3v) is 7.53. The number of benzene rings is 2. The number of hydrogen-bond acceptors (Lipinski definition) is 6. The number of rotatable bonds is 4. The van der Waals surface area contributed by atoms with Gasteiger partial charge in [-0.3, -0.25) is 4.79 Å². The maximum Gasteiger partial charge on any atom is 0.254 e. The van der Waals surface area contributed by atoms with E-state index >= 15 is 0 Å². The minimum absolute atomic E-state index is 0.0987. The molecule has 0 saturated carbocycles. The normalized spacial score (nSPS) is 16.9. The largest absolute Gasteiger partial charge is 0.381 e. The first-order valence-corrected chi connectivity index (χ1v) is 13.1. The number of ether oxygens (including phenoxy) is 1. The lowest BCUT2D eigenvalue weighted by molar-refractivity contribution is 0.0746. The van der Waals surface area contributed by atoms with Gasteiger partial charge in [-0.25, -0.2) is 14.6 Å². The first kappa shape index (κ1) is 23.6. The van der Waals surface area contributed by atoms with E-state index in [1.807, 2.05) is 65.9 Å². The van der Waals surface area contributed by atoms with E-state index in [-0.39, 0.29) is 11.8 Å². The van der Waals surface area contributed by atoms with Gasteiger partial charge in [0.15, 0.2) is 5.65 Å². The second kappa shape index (κ2) is 9.94. The second-order valence-corrected chi connectivity index (χ2v) is 9.92. The van der Waals surface area contributed by atoms with E-state index in [1.54, 1.807) is 0 Å². The molecular formula is C29H32N6O2. The minimum atomic E-state index is 0.0987. The van der Waals surface area contributed by atoms with Gasteiger partial charge in [-0.1, -0.05) is 36.4 Å². The number of aromatic nitrogens is 4. The molecule has 2 saturated heterocycles. The van der Waals surface area contributed by atoms with Crippen LogP contribution in [0.3, 0.4) is 0 Å². The van der Waals surface area contributed by atoms with Crippen molar-refractivity contribution in [2.24, 2.45) is 0 Å². The number of anilines is 1. The molecule has 4 aromatic rings. The van der Waals surface area contributed by atoms with Gasteiger partial charge in [-0.2, -0.15) is 5.10 Å². The lowest BCUT2D eigenvalue weighted by Gasteiger charge is -2.36. The van der Waals surface area contributed by atoms with Crippen molar-refractivity contribution in [1.82, 2.24) is 24.6 Å². The molecule has 4 heterocycles. The first-order chi connectivity index (χ1) is 18.1. The molecule has 0 aliphatic carbocycles. The fourth-order valence-electron chi connectivity index (χ4n) is 5.40. The molecule has 2 aliphatic heterocycles. The molecule has 8 heteroatoms. The SMILES string of the molecule is Cc1ccccc1C(=O)N1CCN(c2nc(C3CCOCC3)nc3c2c(C)nn3-c2ccccc2)CC1. The molecule has 8 nitrogen and oxygen atoms in total. The molecule has 190 valence electrons. The first-order valence-electron chi connectivity index (χ1n) is 13.1. The van der Waals surface area contributed by atoms with Crippen LogP contribution in [-0.2, 0) is 4.74 Å². The molecule has 2 fully saturated rings. The Kier molecular flexibility index (Phi) is 6.34. The number of piperazine rings is 1. The van der Waals surface area contributed by atoms with Gasteiger partial charge in [-0.05, 0) is 50.5 Å². The van der Waals surface area contributed by atoms with Gasteiger partial charge in [0.25, 0.3) is 5.91 Å². The minimum Gasteiger partial charge on any atom is -0.381 e. The Morgan fingerprint density at radius 1 is 0.892 bits per heavy atom. The number of carbonyl (C=O) groups excluding carboxylic acids is 1. The number of fused-ring (bicyclic) bond motifs is 1. The van der Waals surface area contributed by atoms with Gasteiger partial charge in [0, 0.05) is 50.9 Å². The zero-order valence-corrected chi connectivity index (χ0v) is 21.4. The summed E-state index contributed by atoms with van der Waals surface area (Å²) in [7, 11) is 0. The summed E-state index contributed by atoms with van der Waals surface area (Å²) in [4.78, 5) is 27.7. The Labute approximate surface area is 216 Å². The van der Waals surface area contributed by atoms with E-state index in [4.69, 9.17) is 19.8 Å². The van der Waals surface area contributed by atoms with Crippen LogP contribution in [0.2, 0.25) is 0 Å². The highest BCUT2D eigenvalue weighted by Crippen LogP contribution is 2.33. The highest BCUT2D eigenvalue weighted by atomic mass is 16.5. The summed E-state index contributed by atoms with van der Waals surface area (Å²) in [5.41, 5.74) is 4.52. The van der Waals surface area contributed by atoms with Crippen molar-refractivity contribution < 1.29 is 9.53 Å². The Morgan fingerprint density at radius 2 is 1.59 bits per heavy atom. The molecule has 0 bridgehead atoms. The molecular weight excluding hydrogens is 464 g/mol. The quantitative estimate of drug-likeness (QED) is 0.420. The van der Waals surface area contributed by atoms with E-state index in [0.717, 1.165) is 71.2 Å². The molecule has 0 unspecified atom stereocenters. The van der Waals surface area contributed by atoms with Crippen LogP contribution >= 0.6 is 0 Å². The molecule has 2 aromatic carbocycles. The van der Waals surface area contributed by atoms with Crippen molar-refractivity contribution in [3.8, 4) is 5.69 Å². The van der Waals surface area contributed by atoms with E-state index < -0.39 is 0 Å². The number of para-hydroxylation sites is 1. The Hall–Kier alpha value is -3.78. The number of carbonyl (C=O) groups is 1. The lowest BCUT2D eigenvalue weighted by atomic mass is 9.99. The molecule has 1 amide bonds. The average Bonchev–Trinajstić information content (AvgIpc) is 3.30. The molecule has 0 radical (unpaired) electrons. The summed E-state index contributed by atoms with van der Waals surface area (Å²) in [5.74, 6) is 2.15. The molecule has 2 aromatic heterocycles. The van der Waals surface area contributed by atoms with Crippen molar-refractivity contribution in [1.29, 1.82) is 0 Å². The topological polar surface area (TPSA) is 76.4 Å². The van der Waals surface area contributed by atoms with Crippen LogP contribution in [0.25, 0.3) is 16.7 Å². The Balaban J connectivity index is 1.36. The summed E-state index contributed by atoms with van der Waals surface area (Å²) in [6.45, 7) is 8.22. The van der Waals surface area contributed by atoms with Gasteiger partial charge in [0.2, 0.25) is 0 Å². The number of nitrogens with zero attached hydrogens (tertiary/aromatic N) is 6. The van der Waals surface area contributed by atoms with Crippen molar-refractivity contribution in [3.63, 3.8) is 0 Å². The summed E-state index contributed by atoms with van der Waals surface area (Å²) in [6, 6.07) is 18.0. The monoisotopic (exact) mass is 496 g/mol. The van der Waals surface area contributed by atoms with E-state index in [2.05, 4.69) is 17.0 Å². The molecule has 0 spiro atoms. The summed E-state index contributed by atoms with van der Waals surface area (Å²) >= 11 is 0. The fourth-order valence-corrected chi connectivity index (χ4v) is 5.40.